The second-order valence-electron chi connectivity index (χ2n) is 5.59. The molecule has 1 unspecified atom stereocenters. The lowest BCUT2D eigenvalue weighted by Crippen LogP contribution is -2.42. The van der Waals surface area contributed by atoms with Crippen molar-refractivity contribution in [1.82, 2.24) is 4.90 Å². The summed E-state index contributed by atoms with van der Waals surface area (Å²) in [5, 5.41) is 3.28. The van der Waals surface area contributed by atoms with Gasteiger partial charge in [-0.05, 0) is 41.4 Å². The third-order valence-corrected chi connectivity index (χ3v) is 4.24. The summed E-state index contributed by atoms with van der Waals surface area (Å²) in [5.74, 6) is 0. The minimum absolute atomic E-state index is 0.259. The first-order chi connectivity index (χ1) is 10.3. The number of hydrogen-bond donors (Lipinski definition) is 1. The van der Waals surface area contributed by atoms with Gasteiger partial charge in [0.05, 0.1) is 12.7 Å². The van der Waals surface area contributed by atoms with Crippen LogP contribution in [0.2, 0.25) is 5.02 Å². The van der Waals surface area contributed by atoms with E-state index in [-0.39, 0.29) is 6.10 Å². The molecule has 0 spiro atoms. The van der Waals surface area contributed by atoms with Crippen LogP contribution in [0.3, 0.4) is 0 Å². The van der Waals surface area contributed by atoms with Gasteiger partial charge in [0.2, 0.25) is 0 Å². The van der Waals surface area contributed by atoms with Gasteiger partial charge in [0.25, 0.3) is 0 Å². The molecule has 1 aliphatic rings. The standard InChI is InChI=1S/C17H21ClN2O/c18-15-9-13-3-1-2-4-17(13)14(10-15)11-20-7-8-21-16(12-20)5-6-19/h1-4,9-10,16H,5-8,11-12,19H2. The number of nitrogens with zero attached hydrogens (tertiary/aromatic N) is 1. The van der Waals surface area contributed by atoms with Gasteiger partial charge in [-0.2, -0.15) is 0 Å². The lowest BCUT2D eigenvalue weighted by Gasteiger charge is -2.33. The van der Waals surface area contributed by atoms with Crippen molar-refractivity contribution in [3.05, 3.63) is 47.0 Å². The van der Waals surface area contributed by atoms with Crippen molar-refractivity contribution >= 4 is 22.4 Å². The lowest BCUT2D eigenvalue weighted by atomic mass is 10.0. The zero-order chi connectivity index (χ0) is 14.7. The van der Waals surface area contributed by atoms with Gasteiger partial charge >= 0.3 is 0 Å². The van der Waals surface area contributed by atoms with Crippen LogP contribution >= 0.6 is 11.6 Å². The molecule has 3 rings (SSSR count). The number of rotatable bonds is 4. The van der Waals surface area contributed by atoms with E-state index in [0.29, 0.717) is 6.54 Å². The van der Waals surface area contributed by atoms with Crippen molar-refractivity contribution in [3.63, 3.8) is 0 Å². The molecule has 4 heteroatoms. The SMILES string of the molecule is NCCC1CN(Cc2cc(Cl)cc3ccccc23)CCO1. The summed E-state index contributed by atoms with van der Waals surface area (Å²) in [4.78, 5) is 2.43. The molecule has 0 saturated carbocycles. The highest BCUT2D eigenvalue weighted by molar-refractivity contribution is 6.31. The Balaban J connectivity index is 1.81. The molecule has 1 aliphatic heterocycles. The second-order valence-corrected chi connectivity index (χ2v) is 6.03. The Morgan fingerprint density at radius 2 is 2.14 bits per heavy atom. The average Bonchev–Trinajstić information content (AvgIpc) is 2.48. The fourth-order valence-corrected chi connectivity index (χ4v) is 3.26. The van der Waals surface area contributed by atoms with Gasteiger partial charge in [-0.15, -0.1) is 0 Å². The first kappa shape index (κ1) is 14.8. The smallest absolute Gasteiger partial charge is 0.0714 e. The molecule has 2 aromatic carbocycles. The molecule has 1 atom stereocenters. The second kappa shape index (κ2) is 6.75. The maximum absolute atomic E-state index is 6.26. The minimum atomic E-state index is 0.259. The monoisotopic (exact) mass is 304 g/mol. The predicted molar refractivity (Wildman–Crippen MR) is 87.6 cm³/mol. The first-order valence-electron chi connectivity index (χ1n) is 7.47. The van der Waals surface area contributed by atoms with Crippen LogP contribution in [0.15, 0.2) is 36.4 Å². The lowest BCUT2D eigenvalue weighted by molar-refractivity contribution is -0.0334. The Morgan fingerprint density at radius 3 is 3.00 bits per heavy atom. The highest BCUT2D eigenvalue weighted by Crippen LogP contribution is 2.25. The topological polar surface area (TPSA) is 38.5 Å². The summed E-state index contributed by atoms with van der Waals surface area (Å²) in [6.07, 6.45) is 1.18. The minimum Gasteiger partial charge on any atom is -0.376 e. The van der Waals surface area contributed by atoms with Crippen LogP contribution in [0.1, 0.15) is 12.0 Å². The van der Waals surface area contributed by atoms with E-state index in [1.165, 1.54) is 16.3 Å². The van der Waals surface area contributed by atoms with E-state index >= 15 is 0 Å². The molecule has 1 heterocycles. The van der Waals surface area contributed by atoms with Crippen LogP contribution in [-0.2, 0) is 11.3 Å². The van der Waals surface area contributed by atoms with Crippen LogP contribution < -0.4 is 5.73 Å². The molecule has 0 bridgehead atoms. The highest BCUT2D eigenvalue weighted by Gasteiger charge is 2.20. The molecule has 1 saturated heterocycles. The number of ether oxygens (including phenoxy) is 1. The van der Waals surface area contributed by atoms with Crippen molar-refractivity contribution in [1.29, 1.82) is 0 Å². The molecule has 112 valence electrons. The van der Waals surface area contributed by atoms with Crippen molar-refractivity contribution in [3.8, 4) is 0 Å². The van der Waals surface area contributed by atoms with Gasteiger partial charge in [-0.25, -0.2) is 0 Å². The molecule has 0 radical (unpaired) electrons. The third-order valence-electron chi connectivity index (χ3n) is 4.02. The van der Waals surface area contributed by atoms with Crippen LogP contribution in [0, 0.1) is 0 Å². The van der Waals surface area contributed by atoms with E-state index in [9.17, 15) is 0 Å². The highest BCUT2D eigenvalue weighted by atomic mass is 35.5. The normalized spacial score (nSPS) is 20.0. The Hall–Kier alpha value is -1.13. The van der Waals surface area contributed by atoms with E-state index in [2.05, 4.69) is 35.2 Å². The zero-order valence-corrected chi connectivity index (χ0v) is 12.9. The van der Waals surface area contributed by atoms with E-state index in [1.807, 2.05) is 6.07 Å². The average molecular weight is 305 g/mol. The summed E-state index contributed by atoms with van der Waals surface area (Å²) < 4.78 is 5.75. The van der Waals surface area contributed by atoms with E-state index < -0.39 is 0 Å². The molecule has 0 amide bonds. The molecule has 0 aromatic heterocycles. The summed E-state index contributed by atoms with van der Waals surface area (Å²) >= 11 is 6.26. The van der Waals surface area contributed by atoms with E-state index in [0.717, 1.165) is 37.7 Å². The molecule has 2 aromatic rings. The maximum atomic E-state index is 6.26. The van der Waals surface area contributed by atoms with Gasteiger partial charge in [-0.1, -0.05) is 35.9 Å². The van der Waals surface area contributed by atoms with Gasteiger partial charge in [0.15, 0.2) is 0 Å². The van der Waals surface area contributed by atoms with Gasteiger partial charge < -0.3 is 10.5 Å². The summed E-state index contributed by atoms with van der Waals surface area (Å²) in [6, 6.07) is 12.5. The van der Waals surface area contributed by atoms with Crippen molar-refractivity contribution in [2.75, 3.05) is 26.2 Å². The summed E-state index contributed by atoms with van der Waals surface area (Å²) in [5.41, 5.74) is 6.92. The number of fused-ring (bicyclic) bond motifs is 1. The van der Waals surface area contributed by atoms with Crippen molar-refractivity contribution < 1.29 is 4.74 Å². The molecule has 21 heavy (non-hydrogen) atoms. The number of benzene rings is 2. The molecular weight excluding hydrogens is 284 g/mol. The molecule has 2 N–H and O–H groups in total. The number of morpholine rings is 1. The largest absolute Gasteiger partial charge is 0.376 e. The molecule has 3 nitrogen and oxygen atoms in total. The Kier molecular flexibility index (Phi) is 4.76. The quantitative estimate of drug-likeness (QED) is 0.943. The number of nitrogens with two attached hydrogens (primary N) is 1. The van der Waals surface area contributed by atoms with Gasteiger partial charge in [0.1, 0.15) is 0 Å². The van der Waals surface area contributed by atoms with Crippen LogP contribution in [0.25, 0.3) is 10.8 Å². The van der Waals surface area contributed by atoms with Crippen LogP contribution in [-0.4, -0.2) is 37.2 Å². The number of hydrogen-bond acceptors (Lipinski definition) is 3. The fourth-order valence-electron chi connectivity index (χ4n) is 3.01. The summed E-state index contributed by atoms with van der Waals surface area (Å²) in [6.45, 7) is 4.27. The fraction of sp³-hybridized carbons (Fsp3) is 0.412. The van der Waals surface area contributed by atoms with Crippen molar-refractivity contribution in [2.24, 2.45) is 5.73 Å². The van der Waals surface area contributed by atoms with Gasteiger partial charge in [0, 0.05) is 24.7 Å². The molecular formula is C17H21ClN2O. The van der Waals surface area contributed by atoms with Crippen LogP contribution in [0.4, 0.5) is 0 Å². The number of halogens is 1. The Morgan fingerprint density at radius 1 is 1.29 bits per heavy atom. The van der Waals surface area contributed by atoms with E-state index in [4.69, 9.17) is 22.1 Å². The zero-order valence-electron chi connectivity index (χ0n) is 12.1. The van der Waals surface area contributed by atoms with Crippen LogP contribution in [0.5, 0.6) is 0 Å². The first-order valence-corrected chi connectivity index (χ1v) is 7.85. The molecule has 0 aliphatic carbocycles. The maximum Gasteiger partial charge on any atom is 0.0714 e. The molecule has 1 fully saturated rings. The Labute approximate surface area is 130 Å². The van der Waals surface area contributed by atoms with E-state index in [1.54, 1.807) is 0 Å². The van der Waals surface area contributed by atoms with Gasteiger partial charge in [-0.3, -0.25) is 4.90 Å². The summed E-state index contributed by atoms with van der Waals surface area (Å²) in [7, 11) is 0. The third kappa shape index (κ3) is 3.55. The predicted octanol–water partition coefficient (Wildman–Crippen LogP) is 3.04. The Bertz CT molecular complexity index is 615. The van der Waals surface area contributed by atoms with Crippen molar-refractivity contribution in [2.45, 2.75) is 19.1 Å².